The number of β-lactam (4-membered cyclic amide) rings is 1. The van der Waals surface area contributed by atoms with E-state index in [9.17, 15) is 34.1 Å². The summed E-state index contributed by atoms with van der Waals surface area (Å²) in [6.45, 7) is 1.62. The monoisotopic (exact) mass is 584 g/mol. The van der Waals surface area contributed by atoms with Crippen molar-refractivity contribution < 1.29 is 38.6 Å². The number of thioether (sulfide) groups is 2. The minimum atomic E-state index is -3.92. The van der Waals surface area contributed by atoms with E-state index in [0.29, 0.717) is 11.1 Å². The molecule has 38 heavy (non-hydrogen) atoms. The number of aliphatic hydroxyl groups is 1. The minimum absolute atomic E-state index is 0.0331. The fourth-order valence-corrected chi connectivity index (χ4v) is 7.92. The van der Waals surface area contributed by atoms with Crippen LogP contribution in [-0.4, -0.2) is 93.6 Å². The highest BCUT2D eigenvalue weighted by atomic mass is 32.2. The van der Waals surface area contributed by atoms with E-state index in [1.165, 1.54) is 11.8 Å². The Bertz CT molecular complexity index is 1260. The van der Waals surface area contributed by atoms with Crippen LogP contribution in [-0.2, 0) is 23.5 Å². The number of fused-ring (bicyclic) bond motifs is 1. The number of rotatable bonds is 12. The SMILES string of the molecule is CCOP(=O)(O)CCC(Sc1nn[nH]n1)C1=C(C(=O)O)N2C(=O)[C@@H](NC(=O)C(O)c3ccccc3)[C@@H]2SC1. The Morgan fingerprint density at radius 2 is 2.11 bits per heavy atom. The number of H-pyrrole nitrogens is 1. The number of aromatic nitrogens is 4. The number of nitrogens with zero attached hydrogens (tertiary/aromatic N) is 4. The molecular formula is C21H25N6O8PS2. The standard InChI is InChI=1S/C21H25N6O8PS2/c1-2-35-36(33,34)9-8-13(38-21-23-25-26-24-21)12-10-37-19-14(18(30)27(19)15(12)20(31)32)22-17(29)16(28)11-6-4-3-5-7-11/h3-7,13-14,16,19,28H,2,8-10H2,1H3,(H,22,29)(H,31,32)(H,33,34)(H,23,24,25,26)/t13?,14-,16?,19+/m1/s1. The molecule has 2 aromatic rings. The van der Waals surface area contributed by atoms with Crippen LogP contribution in [0.15, 0.2) is 46.8 Å². The molecule has 3 unspecified atom stereocenters. The molecule has 0 spiro atoms. The molecule has 2 amide bonds. The summed E-state index contributed by atoms with van der Waals surface area (Å²) in [4.78, 5) is 49.2. The molecule has 0 aliphatic carbocycles. The second-order valence-electron chi connectivity index (χ2n) is 8.26. The van der Waals surface area contributed by atoms with Crippen molar-refractivity contribution in [1.82, 2.24) is 30.8 Å². The van der Waals surface area contributed by atoms with Gasteiger partial charge in [0.15, 0.2) is 6.10 Å². The molecule has 1 saturated heterocycles. The van der Waals surface area contributed by atoms with Crippen LogP contribution in [0.4, 0.5) is 0 Å². The number of benzene rings is 1. The van der Waals surface area contributed by atoms with Gasteiger partial charge in [-0.05, 0) is 29.7 Å². The number of hydrogen-bond donors (Lipinski definition) is 5. The van der Waals surface area contributed by atoms with Gasteiger partial charge in [0.2, 0.25) is 5.16 Å². The zero-order valence-electron chi connectivity index (χ0n) is 20.0. The first-order chi connectivity index (χ1) is 18.1. The van der Waals surface area contributed by atoms with E-state index in [1.54, 1.807) is 37.3 Å². The number of carbonyl (C=O) groups is 3. The third-order valence-electron chi connectivity index (χ3n) is 5.83. The molecule has 0 bridgehead atoms. The van der Waals surface area contributed by atoms with E-state index in [1.807, 2.05) is 0 Å². The summed E-state index contributed by atoms with van der Waals surface area (Å²) in [7, 11) is -3.92. The van der Waals surface area contributed by atoms with Gasteiger partial charge in [-0.25, -0.2) is 4.79 Å². The Kier molecular flexibility index (Phi) is 8.90. The second-order valence-corrected chi connectivity index (χ2v) is 12.5. The predicted octanol–water partition coefficient (Wildman–Crippen LogP) is 0.745. The quantitative estimate of drug-likeness (QED) is 0.133. The number of carboxylic acid groups (broad SMARTS) is 1. The van der Waals surface area contributed by atoms with Crippen LogP contribution in [0, 0.1) is 0 Å². The number of tetrazole rings is 1. The van der Waals surface area contributed by atoms with Gasteiger partial charge in [-0.3, -0.25) is 19.1 Å². The summed E-state index contributed by atoms with van der Waals surface area (Å²) in [5, 5.41) is 35.3. The van der Waals surface area contributed by atoms with Crippen molar-refractivity contribution in [3.05, 3.63) is 47.2 Å². The van der Waals surface area contributed by atoms with E-state index in [0.717, 1.165) is 16.7 Å². The molecule has 1 fully saturated rings. The first-order valence-corrected chi connectivity index (χ1v) is 15.1. The Morgan fingerprint density at radius 1 is 1.37 bits per heavy atom. The predicted molar refractivity (Wildman–Crippen MR) is 136 cm³/mol. The van der Waals surface area contributed by atoms with E-state index in [-0.39, 0.29) is 35.8 Å². The molecule has 14 nitrogen and oxygen atoms in total. The summed E-state index contributed by atoms with van der Waals surface area (Å²) in [5.41, 5.74) is 0.429. The number of aromatic amines is 1. The van der Waals surface area contributed by atoms with Crippen molar-refractivity contribution in [3.63, 3.8) is 0 Å². The normalized spacial score (nSPS) is 22.2. The number of aliphatic hydroxyl groups excluding tert-OH is 1. The van der Waals surface area contributed by atoms with Gasteiger partial charge < -0.3 is 24.9 Å². The molecule has 204 valence electrons. The van der Waals surface area contributed by atoms with Crippen LogP contribution in [0.25, 0.3) is 0 Å². The maximum absolute atomic E-state index is 13.1. The number of nitrogens with one attached hydrogen (secondary N) is 2. The van der Waals surface area contributed by atoms with E-state index in [2.05, 4.69) is 25.9 Å². The van der Waals surface area contributed by atoms with Crippen LogP contribution in [0.3, 0.4) is 0 Å². The Morgan fingerprint density at radius 3 is 2.74 bits per heavy atom. The number of amides is 2. The van der Waals surface area contributed by atoms with Crippen LogP contribution >= 0.6 is 31.1 Å². The van der Waals surface area contributed by atoms with Crippen molar-refractivity contribution in [3.8, 4) is 0 Å². The van der Waals surface area contributed by atoms with Crippen molar-refractivity contribution in [2.24, 2.45) is 0 Å². The van der Waals surface area contributed by atoms with Crippen molar-refractivity contribution >= 4 is 48.9 Å². The summed E-state index contributed by atoms with van der Waals surface area (Å²) in [6.07, 6.45) is -1.72. The molecule has 0 saturated carbocycles. The first-order valence-electron chi connectivity index (χ1n) is 11.4. The molecule has 2 aliphatic rings. The smallest absolute Gasteiger partial charge is 0.352 e. The largest absolute Gasteiger partial charge is 0.477 e. The molecule has 5 N–H and O–H groups in total. The number of carboxylic acids is 1. The summed E-state index contributed by atoms with van der Waals surface area (Å²) < 4.78 is 17.2. The van der Waals surface area contributed by atoms with Gasteiger partial charge in [0.1, 0.15) is 17.1 Å². The molecule has 4 rings (SSSR count). The van der Waals surface area contributed by atoms with Crippen LogP contribution in [0.1, 0.15) is 25.0 Å². The molecule has 1 aromatic heterocycles. The lowest BCUT2D eigenvalue weighted by atomic mass is 10.00. The summed E-state index contributed by atoms with van der Waals surface area (Å²) in [5.74, 6) is -2.62. The number of carbonyl (C=O) groups excluding carboxylic acids is 2. The molecule has 17 heteroatoms. The topological polar surface area (TPSA) is 208 Å². The van der Waals surface area contributed by atoms with Crippen LogP contribution in [0.2, 0.25) is 0 Å². The van der Waals surface area contributed by atoms with E-state index < -0.39 is 48.1 Å². The average Bonchev–Trinajstić information content (AvgIpc) is 3.41. The van der Waals surface area contributed by atoms with Crippen molar-refractivity contribution in [2.45, 2.75) is 41.3 Å². The molecule has 3 heterocycles. The lowest BCUT2D eigenvalue weighted by Crippen LogP contribution is -2.71. The Balaban J connectivity index is 1.55. The zero-order valence-corrected chi connectivity index (χ0v) is 22.5. The van der Waals surface area contributed by atoms with E-state index >= 15 is 0 Å². The highest BCUT2D eigenvalue weighted by Gasteiger charge is 2.55. The molecule has 0 radical (unpaired) electrons. The Labute approximate surface area is 225 Å². The summed E-state index contributed by atoms with van der Waals surface area (Å²) in [6, 6.07) is 7.18. The minimum Gasteiger partial charge on any atom is -0.477 e. The maximum Gasteiger partial charge on any atom is 0.352 e. The van der Waals surface area contributed by atoms with E-state index in [4.69, 9.17) is 4.52 Å². The molecule has 2 aliphatic heterocycles. The van der Waals surface area contributed by atoms with Crippen LogP contribution < -0.4 is 5.32 Å². The molecule has 5 atom stereocenters. The van der Waals surface area contributed by atoms with Gasteiger partial charge in [-0.2, -0.15) is 5.21 Å². The van der Waals surface area contributed by atoms with Gasteiger partial charge in [0, 0.05) is 11.0 Å². The third kappa shape index (κ3) is 6.11. The summed E-state index contributed by atoms with van der Waals surface area (Å²) >= 11 is 2.28. The van der Waals surface area contributed by atoms with Gasteiger partial charge in [-0.15, -0.1) is 22.0 Å². The first kappa shape index (κ1) is 28.3. The van der Waals surface area contributed by atoms with Gasteiger partial charge in [0.05, 0.1) is 12.8 Å². The lowest BCUT2D eigenvalue weighted by Gasteiger charge is -2.50. The van der Waals surface area contributed by atoms with Gasteiger partial charge >= 0.3 is 13.6 Å². The fourth-order valence-electron chi connectivity index (χ4n) is 4.09. The molecular weight excluding hydrogens is 559 g/mol. The number of hydrogen-bond acceptors (Lipinski definition) is 11. The second kappa shape index (κ2) is 12.0. The van der Waals surface area contributed by atoms with Crippen LogP contribution in [0.5, 0.6) is 0 Å². The maximum atomic E-state index is 13.1. The number of aliphatic carboxylic acids is 1. The third-order valence-corrected chi connectivity index (χ3v) is 9.80. The van der Waals surface area contributed by atoms with Gasteiger partial charge in [-0.1, -0.05) is 42.1 Å². The Hall–Kier alpha value is -2.75. The fraction of sp³-hybridized carbons (Fsp3) is 0.429. The average molecular weight is 585 g/mol. The van der Waals surface area contributed by atoms with Gasteiger partial charge in [0.25, 0.3) is 11.8 Å². The zero-order chi connectivity index (χ0) is 27.4. The van der Waals surface area contributed by atoms with Crippen molar-refractivity contribution in [2.75, 3.05) is 18.5 Å². The highest BCUT2D eigenvalue weighted by molar-refractivity contribution is 8.01. The van der Waals surface area contributed by atoms with Crippen molar-refractivity contribution in [1.29, 1.82) is 0 Å². The molecule has 1 aromatic carbocycles. The highest BCUT2D eigenvalue weighted by Crippen LogP contribution is 2.47. The lowest BCUT2D eigenvalue weighted by molar-refractivity contribution is -0.151.